The smallest absolute Gasteiger partial charge is 0.395 e. The molecule has 0 amide bonds. The van der Waals surface area contributed by atoms with Crippen LogP contribution in [0, 0.1) is 13.8 Å². The molecule has 0 unspecified atom stereocenters. The number of halogens is 2. The van der Waals surface area contributed by atoms with E-state index in [2.05, 4.69) is 15.0 Å². The second kappa shape index (κ2) is 10.7. The molecule has 4 N–H and O–H groups in total. The Balaban J connectivity index is 1.45. The molecule has 1 aliphatic rings. The van der Waals surface area contributed by atoms with Crippen LogP contribution in [-0.4, -0.2) is 60.6 Å². The summed E-state index contributed by atoms with van der Waals surface area (Å²) in [6.45, 7) is 2.48. The Labute approximate surface area is 226 Å². The van der Waals surface area contributed by atoms with Gasteiger partial charge in [0, 0.05) is 0 Å². The van der Waals surface area contributed by atoms with E-state index in [1.165, 1.54) is 24.3 Å². The predicted molar refractivity (Wildman–Crippen MR) is 138 cm³/mol. The van der Waals surface area contributed by atoms with Gasteiger partial charge in [-0.15, -0.1) is 0 Å². The van der Waals surface area contributed by atoms with Gasteiger partial charge in [-0.25, -0.2) is 28.3 Å². The second-order valence-electron chi connectivity index (χ2n) is 9.31. The first-order valence-corrected chi connectivity index (χ1v) is 13.5. The molecule has 12 nitrogen and oxygen atoms in total. The predicted octanol–water partition coefficient (Wildman–Crippen LogP) is 3.56. The molecule has 1 saturated heterocycles. The van der Waals surface area contributed by atoms with E-state index in [1.807, 2.05) is 13.8 Å². The third kappa shape index (κ3) is 5.23. The van der Waals surface area contributed by atoms with E-state index < -0.39 is 44.9 Å². The van der Waals surface area contributed by atoms with Gasteiger partial charge >= 0.3 is 7.82 Å². The molecule has 0 bridgehead atoms. The molecule has 1 fully saturated rings. The molecule has 15 heteroatoms. The number of aliphatic hydroxyl groups is 2. The summed E-state index contributed by atoms with van der Waals surface area (Å²) in [4.78, 5) is 11.8. The number of fused-ring (bicyclic) bond motifs is 1. The van der Waals surface area contributed by atoms with Gasteiger partial charge in [0.15, 0.2) is 23.3 Å². The summed E-state index contributed by atoms with van der Waals surface area (Å²) in [6.07, 6.45) is -6.80. The third-order valence-electron chi connectivity index (χ3n) is 6.42. The van der Waals surface area contributed by atoms with Crippen molar-refractivity contribution in [3.63, 3.8) is 0 Å². The summed E-state index contributed by atoms with van der Waals surface area (Å²) in [5.74, 6) is 0.109. The first-order valence-electron chi connectivity index (χ1n) is 12.0. The van der Waals surface area contributed by atoms with Crippen molar-refractivity contribution in [3.05, 3.63) is 72.3 Å². The van der Waals surface area contributed by atoms with Crippen molar-refractivity contribution in [3.8, 4) is 11.5 Å². The number of nitrogen functional groups attached to an aromatic ring is 1. The summed E-state index contributed by atoms with van der Waals surface area (Å²) >= 11 is 0. The zero-order chi connectivity index (χ0) is 28.7. The number of phosphoric ester groups is 1. The van der Waals surface area contributed by atoms with E-state index in [4.69, 9.17) is 24.0 Å². The number of aliphatic hydroxyl groups excluding tert-OH is 2. The van der Waals surface area contributed by atoms with Crippen molar-refractivity contribution in [2.75, 3.05) is 12.3 Å². The zero-order valence-corrected chi connectivity index (χ0v) is 22.2. The summed E-state index contributed by atoms with van der Waals surface area (Å²) < 4.78 is 66.2. The van der Waals surface area contributed by atoms with Crippen LogP contribution in [0.3, 0.4) is 0 Å². The van der Waals surface area contributed by atoms with Crippen molar-refractivity contribution in [1.82, 2.24) is 19.5 Å². The highest BCUT2D eigenvalue weighted by Gasteiger charge is 2.62. The van der Waals surface area contributed by atoms with Crippen LogP contribution in [0.1, 0.15) is 17.4 Å². The van der Waals surface area contributed by atoms with Crippen LogP contribution < -0.4 is 14.8 Å². The number of aromatic nitrogens is 4. The number of benzene rings is 2. The monoisotopic (exact) mass is 577 g/mol. The molecule has 3 heterocycles. The SMILES string of the molecule is Cc1ccc(OP(=O)(OC[C@@]2(C(F)F)O[C@@H](n3cnc4ncnc(N)c43)[C@H](O)[C@@H]2O)Oc2ccc(C)cc2)cc1. The fourth-order valence-corrected chi connectivity index (χ4v) is 5.46. The Kier molecular flexibility index (Phi) is 7.46. The summed E-state index contributed by atoms with van der Waals surface area (Å²) in [5.41, 5.74) is 5.04. The van der Waals surface area contributed by atoms with Gasteiger partial charge < -0.3 is 29.7 Å². The number of aryl methyl sites for hydroxylation is 2. The van der Waals surface area contributed by atoms with E-state index in [1.54, 1.807) is 24.3 Å². The van der Waals surface area contributed by atoms with Crippen LogP contribution in [0.5, 0.6) is 11.5 Å². The molecule has 0 radical (unpaired) electrons. The molecule has 4 aromatic rings. The first-order chi connectivity index (χ1) is 19.0. The molecule has 212 valence electrons. The lowest BCUT2D eigenvalue weighted by atomic mass is 9.96. The quantitative estimate of drug-likeness (QED) is 0.249. The third-order valence-corrected chi connectivity index (χ3v) is 7.73. The Hall–Kier alpha value is -3.68. The molecule has 0 aliphatic carbocycles. The van der Waals surface area contributed by atoms with E-state index >= 15 is 0 Å². The lowest BCUT2D eigenvalue weighted by Gasteiger charge is -2.31. The van der Waals surface area contributed by atoms with Crippen molar-refractivity contribution < 1.29 is 41.9 Å². The highest BCUT2D eigenvalue weighted by molar-refractivity contribution is 7.49. The number of anilines is 1. The number of nitrogens with two attached hydrogens (primary N) is 1. The lowest BCUT2D eigenvalue weighted by Crippen LogP contribution is -2.52. The van der Waals surface area contributed by atoms with E-state index in [9.17, 15) is 23.6 Å². The molecule has 1 aliphatic heterocycles. The van der Waals surface area contributed by atoms with E-state index in [0.717, 1.165) is 28.3 Å². The van der Waals surface area contributed by atoms with Crippen LogP contribution in [0.2, 0.25) is 0 Å². The Morgan fingerprint density at radius 3 is 2.15 bits per heavy atom. The summed E-state index contributed by atoms with van der Waals surface area (Å²) in [6, 6.07) is 12.7. The minimum absolute atomic E-state index is 0.0546. The van der Waals surface area contributed by atoms with Gasteiger partial charge in [0.05, 0.1) is 6.61 Å². The number of phosphoric acid groups is 1. The number of imidazole rings is 1. The topological polar surface area (TPSA) is 164 Å². The van der Waals surface area contributed by atoms with Gasteiger partial charge in [-0.05, 0) is 38.1 Å². The minimum atomic E-state index is -4.67. The highest BCUT2D eigenvalue weighted by atomic mass is 31.2. The number of rotatable bonds is 9. The van der Waals surface area contributed by atoms with E-state index in [-0.39, 0.29) is 28.5 Å². The van der Waals surface area contributed by atoms with Crippen molar-refractivity contribution >= 4 is 24.8 Å². The average Bonchev–Trinajstić information content (AvgIpc) is 3.46. The van der Waals surface area contributed by atoms with Gasteiger partial charge in [0.25, 0.3) is 6.43 Å². The van der Waals surface area contributed by atoms with Crippen molar-refractivity contribution in [1.29, 1.82) is 0 Å². The average molecular weight is 577 g/mol. The maximum atomic E-state index is 14.6. The molecule has 40 heavy (non-hydrogen) atoms. The Morgan fingerprint density at radius 1 is 1.02 bits per heavy atom. The second-order valence-corrected chi connectivity index (χ2v) is 10.8. The normalized spacial score (nSPS) is 23.1. The fourth-order valence-electron chi connectivity index (χ4n) is 4.19. The molecule has 5 rings (SSSR count). The molecular weight excluding hydrogens is 551 g/mol. The first kappa shape index (κ1) is 27.9. The number of alkyl halides is 2. The summed E-state index contributed by atoms with van der Waals surface area (Å²) in [5, 5.41) is 21.6. The number of hydrogen-bond donors (Lipinski definition) is 3. The van der Waals surface area contributed by atoms with Crippen molar-refractivity contribution in [2.24, 2.45) is 0 Å². The zero-order valence-electron chi connectivity index (χ0n) is 21.3. The van der Waals surface area contributed by atoms with Crippen LogP contribution in [-0.2, 0) is 13.8 Å². The molecule has 0 saturated carbocycles. The molecule has 2 aromatic heterocycles. The molecular formula is C25H26F2N5O7P. The maximum absolute atomic E-state index is 14.6. The lowest BCUT2D eigenvalue weighted by molar-refractivity contribution is -0.192. The number of hydrogen-bond acceptors (Lipinski definition) is 11. The van der Waals surface area contributed by atoms with Gasteiger partial charge in [-0.2, -0.15) is 0 Å². The van der Waals surface area contributed by atoms with Crippen LogP contribution >= 0.6 is 7.82 Å². The van der Waals surface area contributed by atoms with Gasteiger partial charge in [0.2, 0.25) is 0 Å². The maximum Gasteiger partial charge on any atom is 0.587 e. The highest BCUT2D eigenvalue weighted by Crippen LogP contribution is 2.52. The molecule has 2 aromatic carbocycles. The van der Waals surface area contributed by atoms with Gasteiger partial charge in [-0.3, -0.25) is 9.09 Å². The van der Waals surface area contributed by atoms with Crippen LogP contribution in [0.25, 0.3) is 11.2 Å². The van der Waals surface area contributed by atoms with Crippen molar-refractivity contribution in [2.45, 2.75) is 44.3 Å². The molecule has 0 spiro atoms. The number of nitrogens with zero attached hydrogens (tertiary/aromatic N) is 4. The van der Waals surface area contributed by atoms with Gasteiger partial charge in [-0.1, -0.05) is 35.4 Å². The van der Waals surface area contributed by atoms with Crippen LogP contribution in [0.4, 0.5) is 14.6 Å². The summed E-state index contributed by atoms with van der Waals surface area (Å²) in [7, 11) is -4.67. The number of ether oxygens (including phenoxy) is 1. The standard InChI is InChI=1S/C25H26F2N5O7P/c1-14-3-7-16(8-4-14)38-40(35,39-17-9-5-15(2)6-10-17)36-11-25(24(26)27)20(34)19(33)23(37-25)32-13-31-22-18(32)21(28)29-12-30-22/h3-10,12-13,19-20,23-24,33-34H,11H2,1-2H3,(H2,28,29,30)/t19-,20+,23-,25-/m1/s1. The molecule has 4 atom stereocenters. The van der Waals surface area contributed by atoms with E-state index in [0.29, 0.717) is 0 Å². The van der Waals surface area contributed by atoms with Gasteiger partial charge in [0.1, 0.15) is 41.9 Å². The minimum Gasteiger partial charge on any atom is -0.395 e. The largest absolute Gasteiger partial charge is 0.587 e. The Bertz CT molecular complexity index is 1490. The van der Waals surface area contributed by atoms with Crippen LogP contribution in [0.15, 0.2) is 61.2 Å². The fraction of sp³-hybridized carbons (Fsp3) is 0.320. The Morgan fingerprint density at radius 2 is 1.60 bits per heavy atom.